The van der Waals surface area contributed by atoms with E-state index >= 15 is 0 Å². The van der Waals surface area contributed by atoms with Crippen LogP contribution in [0.4, 0.5) is 4.79 Å². The maximum Gasteiger partial charge on any atom is 0.408 e. The molecule has 1 aromatic carbocycles. The Balaban J connectivity index is 2.23. The van der Waals surface area contributed by atoms with E-state index in [4.69, 9.17) is 15.2 Å². The van der Waals surface area contributed by atoms with E-state index in [0.29, 0.717) is 5.56 Å². The van der Waals surface area contributed by atoms with Gasteiger partial charge >= 0.3 is 12.1 Å². The second kappa shape index (κ2) is 9.49. The molecule has 0 aliphatic rings. The van der Waals surface area contributed by atoms with Crippen LogP contribution in [-0.4, -0.2) is 55.4 Å². The van der Waals surface area contributed by atoms with Gasteiger partial charge in [0.15, 0.2) is 18.3 Å². The number of amides is 1. The number of nitrogens with one attached hydrogen (secondary N) is 1. The zero-order valence-corrected chi connectivity index (χ0v) is 12.7. The van der Waals surface area contributed by atoms with E-state index in [9.17, 15) is 19.8 Å². The Morgan fingerprint density at radius 1 is 1.22 bits per heavy atom. The van der Waals surface area contributed by atoms with Gasteiger partial charge in [-0.2, -0.15) is 0 Å². The number of esters is 1. The van der Waals surface area contributed by atoms with Crippen molar-refractivity contribution in [2.45, 2.75) is 12.5 Å². The van der Waals surface area contributed by atoms with Gasteiger partial charge in [-0.3, -0.25) is 4.79 Å². The van der Waals surface area contributed by atoms with E-state index in [1.165, 1.54) is 19.2 Å². The van der Waals surface area contributed by atoms with Crippen LogP contribution in [0.15, 0.2) is 18.2 Å². The maximum atomic E-state index is 11.7. The first kappa shape index (κ1) is 18.5. The highest BCUT2D eigenvalue weighted by Gasteiger charge is 2.16. The van der Waals surface area contributed by atoms with Gasteiger partial charge < -0.3 is 35.5 Å². The van der Waals surface area contributed by atoms with Gasteiger partial charge in [-0.1, -0.05) is 6.07 Å². The number of nitrogens with two attached hydrogens (primary N) is 1. The molecule has 0 aromatic heterocycles. The first-order valence-corrected chi connectivity index (χ1v) is 6.79. The summed E-state index contributed by atoms with van der Waals surface area (Å²) in [6, 6.07) is 3.26. The van der Waals surface area contributed by atoms with Crippen LogP contribution in [0.5, 0.6) is 11.5 Å². The molecule has 9 nitrogen and oxygen atoms in total. The summed E-state index contributed by atoms with van der Waals surface area (Å²) in [6.45, 7) is -0.240. The molecule has 0 aliphatic carbocycles. The molecule has 0 heterocycles. The Hall–Kier alpha value is -2.52. The van der Waals surface area contributed by atoms with Crippen molar-refractivity contribution >= 4 is 12.1 Å². The van der Waals surface area contributed by atoms with Gasteiger partial charge in [0, 0.05) is 7.05 Å². The highest BCUT2D eigenvalue weighted by atomic mass is 16.7. The lowest BCUT2D eigenvalue weighted by molar-refractivity contribution is -0.147. The summed E-state index contributed by atoms with van der Waals surface area (Å²) < 4.78 is 14.4. The van der Waals surface area contributed by atoms with Gasteiger partial charge in [-0.15, -0.1) is 0 Å². The van der Waals surface area contributed by atoms with Crippen molar-refractivity contribution < 1.29 is 34.0 Å². The summed E-state index contributed by atoms with van der Waals surface area (Å²) in [4.78, 5) is 22.4. The monoisotopic (exact) mass is 328 g/mol. The van der Waals surface area contributed by atoms with Crippen LogP contribution in [0.25, 0.3) is 0 Å². The minimum absolute atomic E-state index is 0.0372. The first-order valence-electron chi connectivity index (χ1n) is 6.79. The normalized spacial score (nSPS) is 11.6. The summed E-state index contributed by atoms with van der Waals surface area (Å²) in [5, 5.41) is 20.8. The molecule has 1 amide bonds. The average Bonchev–Trinajstić information content (AvgIpc) is 2.53. The molecule has 0 saturated carbocycles. The second-order valence-corrected chi connectivity index (χ2v) is 4.51. The Morgan fingerprint density at radius 3 is 2.61 bits per heavy atom. The molecule has 0 bridgehead atoms. The highest BCUT2D eigenvalue weighted by molar-refractivity contribution is 5.76. The Kier molecular flexibility index (Phi) is 7.64. The van der Waals surface area contributed by atoms with E-state index in [2.05, 4.69) is 10.1 Å². The lowest BCUT2D eigenvalue weighted by Gasteiger charge is -2.12. The van der Waals surface area contributed by atoms with Crippen molar-refractivity contribution in [1.82, 2.24) is 5.32 Å². The minimum atomic E-state index is -0.916. The lowest BCUT2D eigenvalue weighted by atomic mass is 10.1. The summed E-state index contributed by atoms with van der Waals surface area (Å²) in [7, 11) is 1.42. The third-order valence-corrected chi connectivity index (χ3v) is 2.75. The fourth-order valence-electron chi connectivity index (χ4n) is 1.57. The number of benzene rings is 1. The smallest absolute Gasteiger partial charge is 0.408 e. The van der Waals surface area contributed by atoms with Crippen LogP contribution in [0.2, 0.25) is 0 Å². The van der Waals surface area contributed by atoms with Gasteiger partial charge in [-0.25, -0.2) is 4.79 Å². The number of carbonyl (C=O) groups excluding carboxylic acids is 2. The van der Waals surface area contributed by atoms with Gasteiger partial charge in [-0.05, 0) is 24.1 Å². The van der Waals surface area contributed by atoms with E-state index in [-0.39, 0.29) is 37.9 Å². The molecule has 0 unspecified atom stereocenters. The first-order chi connectivity index (χ1) is 10.9. The molecule has 9 heteroatoms. The van der Waals surface area contributed by atoms with Gasteiger partial charge in [0.2, 0.25) is 0 Å². The van der Waals surface area contributed by atoms with Crippen molar-refractivity contribution in [2.24, 2.45) is 5.73 Å². The average molecular weight is 328 g/mol. The van der Waals surface area contributed by atoms with Crippen molar-refractivity contribution in [3.05, 3.63) is 23.8 Å². The summed E-state index contributed by atoms with van der Waals surface area (Å²) in [5.41, 5.74) is 6.28. The quantitative estimate of drug-likeness (QED) is 0.223. The van der Waals surface area contributed by atoms with Crippen molar-refractivity contribution in [3.63, 3.8) is 0 Å². The van der Waals surface area contributed by atoms with E-state index in [1.807, 2.05) is 0 Å². The molecular formula is C14H20N2O7. The van der Waals surface area contributed by atoms with Crippen molar-refractivity contribution in [2.75, 3.05) is 27.1 Å². The number of phenols is 2. The Morgan fingerprint density at radius 2 is 1.96 bits per heavy atom. The summed E-state index contributed by atoms with van der Waals surface area (Å²) in [5.74, 6) is -1.16. The molecule has 0 aliphatic heterocycles. The SMILES string of the molecule is CNC(=O)OCOCCOC(=O)[C@H](N)Cc1ccc(O)c(O)c1. The number of rotatable bonds is 8. The van der Waals surface area contributed by atoms with Crippen molar-refractivity contribution in [1.29, 1.82) is 0 Å². The Labute approximate surface area is 132 Å². The van der Waals surface area contributed by atoms with Crippen LogP contribution in [0, 0.1) is 0 Å². The lowest BCUT2D eigenvalue weighted by Crippen LogP contribution is -2.35. The largest absolute Gasteiger partial charge is 0.504 e. The molecule has 0 radical (unpaired) electrons. The van der Waals surface area contributed by atoms with Gasteiger partial charge in [0.1, 0.15) is 12.6 Å². The van der Waals surface area contributed by atoms with Crippen LogP contribution in [0.1, 0.15) is 5.56 Å². The number of carbonyl (C=O) groups is 2. The molecule has 5 N–H and O–H groups in total. The van der Waals surface area contributed by atoms with E-state index < -0.39 is 18.1 Å². The molecule has 23 heavy (non-hydrogen) atoms. The third kappa shape index (κ3) is 6.85. The maximum absolute atomic E-state index is 11.7. The highest BCUT2D eigenvalue weighted by Crippen LogP contribution is 2.25. The van der Waals surface area contributed by atoms with E-state index in [1.54, 1.807) is 6.07 Å². The van der Waals surface area contributed by atoms with Gasteiger partial charge in [0.05, 0.1) is 6.61 Å². The zero-order chi connectivity index (χ0) is 17.2. The van der Waals surface area contributed by atoms with Crippen LogP contribution < -0.4 is 11.1 Å². The van der Waals surface area contributed by atoms with Gasteiger partial charge in [0.25, 0.3) is 0 Å². The standard InChI is InChI=1S/C14H20N2O7/c1-16-14(20)23-8-21-4-5-22-13(19)10(15)6-9-2-3-11(17)12(18)7-9/h2-3,7,10,17-18H,4-6,8,15H2,1H3,(H,16,20)/t10-/m1/s1. The van der Waals surface area contributed by atoms with E-state index in [0.717, 1.165) is 0 Å². The number of phenolic OH excluding ortho intramolecular Hbond substituents is 2. The Bertz CT molecular complexity index is 536. The second-order valence-electron chi connectivity index (χ2n) is 4.51. The van der Waals surface area contributed by atoms with Crippen molar-refractivity contribution in [3.8, 4) is 11.5 Å². The number of ether oxygens (including phenoxy) is 3. The van der Waals surface area contributed by atoms with Crippen LogP contribution in [0.3, 0.4) is 0 Å². The molecule has 0 fully saturated rings. The molecule has 1 atom stereocenters. The molecule has 128 valence electrons. The fraction of sp³-hybridized carbons (Fsp3) is 0.429. The number of aromatic hydroxyl groups is 2. The predicted molar refractivity (Wildman–Crippen MR) is 78.8 cm³/mol. The molecular weight excluding hydrogens is 308 g/mol. The third-order valence-electron chi connectivity index (χ3n) is 2.75. The molecule has 1 rings (SSSR count). The summed E-state index contributed by atoms with van der Waals surface area (Å²) >= 11 is 0. The minimum Gasteiger partial charge on any atom is -0.504 e. The predicted octanol–water partition coefficient (Wildman–Crippen LogP) is -0.159. The number of hydrogen-bond acceptors (Lipinski definition) is 8. The number of alkyl carbamates (subject to hydrolysis) is 1. The zero-order valence-electron chi connectivity index (χ0n) is 12.7. The summed E-state index contributed by atoms with van der Waals surface area (Å²) in [6.07, 6.45) is -0.478. The topological polar surface area (TPSA) is 140 Å². The fourth-order valence-corrected chi connectivity index (χ4v) is 1.57. The van der Waals surface area contributed by atoms with Crippen LogP contribution in [-0.2, 0) is 25.4 Å². The molecule has 0 saturated heterocycles. The van der Waals surface area contributed by atoms with Crippen LogP contribution >= 0.6 is 0 Å². The molecule has 0 spiro atoms. The number of hydrogen-bond donors (Lipinski definition) is 4. The molecule has 1 aromatic rings.